The molecule has 3 rings (SSSR count). The van der Waals surface area contributed by atoms with Crippen LogP contribution >= 0.6 is 23.1 Å². The van der Waals surface area contributed by atoms with E-state index < -0.39 is 15.9 Å². The van der Waals surface area contributed by atoms with E-state index in [4.69, 9.17) is 0 Å². The highest BCUT2D eigenvalue weighted by Crippen LogP contribution is 2.26. The molecule has 1 aromatic carbocycles. The van der Waals surface area contributed by atoms with E-state index in [0.29, 0.717) is 11.4 Å². The van der Waals surface area contributed by atoms with Crippen molar-refractivity contribution in [1.82, 2.24) is 4.98 Å². The summed E-state index contributed by atoms with van der Waals surface area (Å²) < 4.78 is 28.0. The monoisotopic (exact) mass is 433 g/mol. The van der Waals surface area contributed by atoms with E-state index in [9.17, 15) is 13.2 Å². The zero-order chi connectivity index (χ0) is 20.1. The molecule has 146 valence electrons. The highest BCUT2D eigenvalue weighted by molar-refractivity contribution is 7.99. The van der Waals surface area contributed by atoms with Crippen LogP contribution in [0.1, 0.15) is 22.2 Å². The van der Waals surface area contributed by atoms with E-state index in [2.05, 4.69) is 15.0 Å². The van der Waals surface area contributed by atoms with Gasteiger partial charge in [0.25, 0.3) is 15.9 Å². The first-order valence-corrected chi connectivity index (χ1v) is 11.8. The second kappa shape index (κ2) is 8.76. The van der Waals surface area contributed by atoms with E-state index in [1.165, 1.54) is 6.07 Å². The predicted octanol–water partition coefficient (Wildman–Crippen LogP) is 4.62. The molecule has 9 heteroatoms. The molecule has 0 saturated heterocycles. The zero-order valence-electron chi connectivity index (χ0n) is 15.3. The number of hydrogen-bond donors (Lipinski definition) is 2. The minimum Gasteiger partial charge on any atom is -0.320 e. The minimum absolute atomic E-state index is 0.0540. The molecular weight excluding hydrogens is 414 g/mol. The first kappa shape index (κ1) is 20.4. The third kappa shape index (κ3) is 4.92. The smallest absolute Gasteiger partial charge is 0.267 e. The zero-order valence-corrected chi connectivity index (χ0v) is 17.7. The molecule has 0 bridgehead atoms. The molecule has 0 atom stereocenters. The number of rotatable bonds is 7. The second-order valence-corrected chi connectivity index (χ2v) is 9.71. The van der Waals surface area contributed by atoms with Crippen LogP contribution in [0.3, 0.4) is 0 Å². The van der Waals surface area contributed by atoms with Crippen molar-refractivity contribution in [3.8, 4) is 0 Å². The van der Waals surface area contributed by atoms with Gasteiger partial charge in [-0.15, -0.1) is 23.1 Å². The SMILES string of the molecule is CCSc1ccc(NC(=O)c2sccc2S(=O)(=O)Nc2ccc(C)cc2)cn1. The van der Waals surface area contributed by atoms with E-state index >= 15 is 0 Å². The van der Waals surface area contributed by atoms with Crippen molar-refractivity contribution in [2.45, 2.75) is 23.8 Å². The fourth-order valence-corrected chi connectivity index (χ4v) is 5.35. The largest absolute Gasteiger partial charge is 0.320 e. The number of nitrogens with zero attached hydrogens (tertiary/aromatic N) is 1. The number of thiophene rings is 1. The van der Waals surface area contributed by atoms with Crippen LogP contribution in [0, 0.1) is 6.92 Å². The van der Waals surface area contributed by atoms with E-state index in [0.717, 1.165) is 27.7 Å². The number of aryl methyl sites for hydroxylation is 1. The standard InChI is InChI=1S/C19H19N3O3S3/c1-3-26-17-9-8-15(12-20-17)21-19(23)18-16(10-11-27-18)28(24,25)22-14-6-4-13(2)5-7-14/h4-12,22H,3H2,1-2H3,(H,21,23). The Balaban J connectivity index is 1.78. The molecule has 0 aliphatic rings. The quantitative estimate of drug-likeness (QED) is 0.531. The maximum atomic E-state index is 12.7. The van der Waals surface area contributed by atoms with Gasteiger partial charge >= 0.3 is 0 Å². The molecule has 0 fully saturated rings. The van der Waals surface area contributed by atoms with Gasteiger partial charge in [-0.05, 0) is 48.4 Å². The Kier molecular flexibility index (Phi) is 6.38. The number of carbonyl (C=O) groups is 1. The number of thioether (sulfide) groups is 1. The van der Waals surface area contributed by atoms with Gasteiger partial charge in [-0.3, -0.25) is 9.52 Å². The van der Waals surface area contributed by atoms with Gasteiger partial charge in [0.1, 0.15) is 9.77 Å². The van der Waals surface area contributed by atoms with Crippen molar-refractivity contribution in [2.24, 2.45) is 0 Å². The molecule has 1 amide bonds. The van der Waals surface area contributed by atoms with Crippen LogP contribution in [0.15, 0.2) is 64.0 Å². The molecule has 2 aromatic heterocycles. The average molecular weight is 434 g/mol. The summed E-state index contributed by atoms with van der Waals surface area (Å²) in [6.45, 7) is 3.95. The number of hydrogen-bond acceptors (Lipinski definition) is 6. The normalized spacial score (nSPS) is 11.2. The molecule has 0 aliphatic carbocycles. The van der Waals surface area contributed by atoms with E-state index in [-0.39, 0.29) is 9.77 Å². The first-order valence-electron chi connectivity index (χ1n) is 8.46. The molecule has 0 aliphatic heterocycles. The molecule has 0 spiro atoms. The summed E-state index contributed by atoms with van der Waals surface area (Å²) in [6, 6.07) is 12.0. The lowest BCUT2D eigenvalue weighted by Gasteiger charge is -2.10. The lowest BCUT2D eigenvalue weighted by molar-refractivity contribution is 0.102. The Labute approximate surface area is 172 Å². The van der Waals surface area contributed by atoms with Crippen LogP contribution in [-0.2, 0) is 10.0 Å². The highest BCUT2D eigenvalue weighted by atomic mass is 32.2. The topological polar surface area (TPSA) is 88.2 Å². The number of carbonyl (C=O) groups excluding carboxylic acids is 1. The second-order valence-electron chi connectivity index (χ2n) is 5.86. The lowest BCUT2D eigenvalue weighted by Crippen LogP contribution is -2.18. The molecule has 2 N–H and O–H groups in total. The Bertz CT molecular complexity index is 1060. The number of pyridine rings is 1. The molecule has 3 aromatic rings. The number of aromatic nitrogens is 1. The number of anilines is 2. The van der Waals surface area contributed by atoms with Crippen LogP contribution in [0.2, 0.25) is 0 Å². The van der Waals surface area contributed by atoms with Crippen molar-refractivity contribution in [2.75, 3.05) is 15.8 Å². The number of sulfonamides is 1. The van der Waals surface area contributed by atoms with Crippen molar-refractivity contribution in [3.05, 3.63) is 64.5 Å². The van der Waals surface area contributed by atoms with Crippen LogP contribution in [0.4, 0.5) is 11.4 Å². The molecule has 28 heavy (non-hydrogen) atoms. The van der Waals surface area contributed by atoms with Crippen molar-refractivity contribution >= 4 is 50.4 Å². The summed E-state index contributed by atoms with van der Waals surface area (Å²) >= 11 is 2.67. The van der Waals surface area contributed by atoms with Gasteiger partial charge in [-0.1, -0.05) is 24.6 Å². The summed E-state index contributed by atoms with van der Waals surface area (Å²) in [5, 5.41) is 5.15. The van der Waals surface area contributed by atoms with Gasteiger partial charge < -0.3 is 5.32 Å². The summed E-state index contributed by atoms with van der Waals surface area (Å²) in [7, 11) is -3.88. The van der Waals surface area contributed by atoms with Gasteiger partial charge in [0.05, 0.1) is 16.9 Å². The number of benzene rings is 1. The third-order valence-electron chi connectivity index (χ3n) is 3.72. The Morgan fingerprint density at radius 1 is 1.11 bits per heavy atom. The lowest BCUT2D eigenvalue weighted by atomic mass is 10.2. The Morgan fingerprint density at radius 2 is 1.82 bits per heavy atom. The van der Waals surface area contributed by atoms with Crippen LogP contribution in [0.5, 0.6) is 0 Å². The highest BCUT2D eigenvalue weighted by Gasteiger charge is 2.24. The molecule has 2 heterocycles. The molecular formula is C19H19N3O3S3. The summed E-state index contributed by atoms with van der Waals surface area (Å²) in [5.41, 5.74) is 1.97. The average Bonchev–Trinajstić information content (AvgIpc) is 3.16. The van der Waals surface area contributed by atoms with Gasteiger partial charge in [0.15, 0.2) is 0 Å². The molecule has 0 radical (unpaired) electrons. The summed E-state index contributed by atoms with van der Waals surface area (Å²) in [6.07, 6.45) is 1.56. The number of nitrogens with one attached hydrogen (secondary N) is 2. The van der Waals surface area contributed by atoms with Crippen LogP contribution in [-0.4, -0.2) is 25.1 Å². The Morgan fingerprint density at radius 3 is 2.46 bits per heavy atom. The van der Waals surface area contributed by atoms with Crippen molar-refractivity contribution in [3.63, 3.8) is 0 Å². The van der Waals surface area contributed by atoms with E-state index in [1.54, 1.807) is 41.5 Å². The summed E-state index contributed by atoms with van der Waals surface area (Å²) in [4.78, 5) is 16.9. The van der Waals surface area contributed by atoms with E-state index in [1.807, 2.05) is 32.0 Å². The fraction of sp³-hybridized carbons (Fsp3) is 0.158. The minimum atomic E-state index is -3.88. The first-order chi connectivity index (χ1) is 13.4. The molecule has 0 saturated carbocycles. The maximum Gasteiger partial charge on any atom is 0.267 e. The van der Waals surface area contributed by atoms with Gasteiger partial charge in [0.2, 0.25) is 0 Å². The number of amides is 1. The van der Waals surface area contributed by atoms with Crippen LogP contribution < -0.4 is 10.0 Å². The molecule has 6 nitrogen and oxygen atoms in total. The third-order valence-corrected chi connectivity index (χ3v) is 7.01. The van der Waals surface area contributed by atoms with Gasteiger partial charge in [0, 0.05) is 5.69 Å². The van der Waals surface area contributed by atoms with Crippen molar-refractivity contribution < 1.29 is 13.2 Å². The predicted molar refractivity (Wildman–Crippen MR) is 115 cm³/mol. The molecule has 0 unspecified atom stereocenters. The fourth-order valence-electron chi connectivity index (χ4n) is 2.38. The Hall–Kier alpha value is -2.36. The van der Waals surface area contributed by atoms with Gasteiger partial charge in [-0.25, -0.2) is 13.4 Å². The van der Waals surface area contributed by atoms with Crippen molar-refractivity contribution in [1.29, 1.82) is 0 Å². The maximum absolute atomic E-state index is 12.7. The van der Waals surface area contributed by atoms with Gasteiger partial charge in [-0.2, -0.15) is 0 Å². The van der Waals surface area contributed by atoms with Crippen LogP contribution in [0.25, 0.3) is 0 Å². The summed E-state index contributed by atoms with van der Waals surface area (Å²) in [5.74, 6) is 0.417.